The summed E-state index contributed by atoms with van der Waals surface area (Å²) in [5.41, 5.74) is -1.35. The number of sulfonamides is 2. The van der Waals surface area contributed by atoms with E-state index in [2.05, 4.69) is 5.32 Å². The molecule has 1 heterocycles. The molecule has 1 aliphatic heterocycles. The summed E-state index contributed by atoms with van der Waals surface area (Å²) in [6.07, 6.45) is -3.89. The summed E-state index contributed by atoms with van der Waals surface area (Å²) in [6, 6.07) is 8.09. The predicted molar refractivity (Wildman–Crippen MR) is 133 cm³/mol. The van der Waals surface area contributed by atoms with Crippen LogP contribution in [-0.4, -0.2) is 78.8 Å². The molecule has 210 valence electrons. The van der Waals surface area contributed by atoms with Crippen molar-refractivity contribution in [2.24, 2.45) is 0 Å². The van der Waals surface area contributed by atoms with Gasteiger partial charge in [0.1, 0.15) is 18.4 Å². The van der Waals surface area contributed by atoms with E-state index in [1.807, 2.05) is 0 Å². The van der Waals surface area contributed by atoms with Gasteiger partial charge in [0, 0.05) is 13.1 Å². The Labute approximate surface area is 219 Å². The van der Waals surface area contributed by atoms with Gasteiger partial charge in [0.15, 0.2) is 0 Å². The molecule has 15 heteroatoms. The van der Waals surface area contributed by atoms with Gasteiger partial charge in [0.2, 0.25) is 26.0 Å². The summed E-state index contributed by atoms with van der Waals surface area (Å²) >= 11 is 0. The Balaban J connectivity index is 1.58. The maximum Gasteiger partial charge on any atom is 0.416 e. The van der Waals surface area contributed by atoms with E-state index in [0.717, 1.165) is 18.4 Å². The number of alkyl halides is 3. The van der Waals surface area contributed by atoms with E-state index in [-0.39, 0.29) is 36.8 Å². The molecule has 0 aliphatic carbocycles. The molecule has 1 amide bonds. The van der Waals surface area contributed by atoms with Crippen molar-refractivity contribution in [2.45, 2.75) is 24.0 Å². The zero-order valence-corrected chi connectivity index (χ0v) is 22.3. The number of halogens is 3. The summed E-state index contributed by atoms with van der Waals surface area (Å²) in [4.78, 5) is 12.7. The Hall–Kier alpha value is -2.88. The summed E-state index contributed by atoms with van der Waals surface area (Å²) < 4.78 is 102. The van der Waals surface area contributed by atoms with E-state index < -0.39 is 43.7 Å². The van der Waals surface area contributed by atoms with Crippen molar-refractivity contribution in [3.63, 3.8) is 0 Å². The maximum atomic E-state index is 13.1. The first-order valence-electron chi connectivity index (χ1n) is 11.5. The number of amides is 1. The molecule has 0 unspecified atom stereocenters. The molecule has 2 aromatic rings. The third kappa shape index (κ3) is 7.36. The number of morpholine rings is 1. The van der Waals surface area contributed by atoms with Crippen LogP contribution in [0.1, 0.15) is 12.5 Å². The molecule has 0 saturated carbocycles. The average molecular weight is 580 g/mol. The molecule has 3 rings (SSSR count). The number of carbonyl (C=O) groups excluding carboxylic acids is 1. The van der Waals surface area contributed by atoms with Crippen molar-refractivity contribution in [3.8, 4) is 5.75 Å². The molecule has 1 N–H and O–H groups in total. The molecule has 1 aliphatic rings. The monoisotopic (exact) mass is 579 g/mol. The molecule has 0 bridgehead atoms. The second kappa shape index (κ2) is 11.9. The largest absolute Gasteiger partial charge is 0.492 e. The van der Waals surface area contributed by atoms with Crippen LogP contribution in [0.25, 0.3) is 0 Å². The third-order valence-corrected chi connectivity index (χ3v) is 8.77. The lowest BCUT2D eigenvalue weighted by Gasteiger charge is -2.28. The van der Waals surface area contributed by atoms with Crippen LogP contribution in [0.5, 0.6) is 5.75 Å². The van der Waals surface area contributed by atoms with Crippen LogP contribution < -0.4 is 14.4 Å². The zero-order chi connectivity index (χ0) is 28.1. The van der Waals surface area contributed by atoms with Crippen LogP contribution in [0.4, 0.5) is 18.9 Å². The first kappa shape index (κ1) is 29.7. The van der Waals surface area contributed by atoms with Crippen molar-refractivity contribution in [3.05, 3.63) is 54.1 Å². The minimum Gasteiger partial charge on any atom is -0.492 e. The summed E-state index contributed by atoms with van der Waals surface area (Å²) in [6.45, 7) is 2.37. The number of hydrogen-bond donors (Lipinski definition) is 1. The SMILES string of the molecule is C[C@@H](C(=O)NCCOc1ccc(S(=O)(=O)N2CCOCC2)cc1)N(c1cccc(C(F)(F)F)c1)S(C)(=O)=O. The van der Waals surface area contributed by atoms with Gasteiger partial charge in [-0.05, 0) is 49.4 Å². The highest BCUT2D eigenvalue weighted by molar-refractivity contribution is 7.92. The Morgan fingerprint density at radius 2 is 1.74 bits per heavy atom. The quantitative estimate of drug-likeness (QED) is 0.428. The molecule has 0 radical (unpaired) electrons. The van der Waals surface area contributed by atoms with Gasteiger partial charge in [-0.1, -0.05) is 6.07 Å². The second-order valence-corrected chi connectivity index (χ2v) is 12.2. The number of ether oxygens (including phenoxy) is 2. The van der Waals surface area contributed by atoms with E-state index in [4.69, 9.17) is 9.47 Å². The Morgan fingerprint density at radius 1 is 1.11 bits per heavy atom. The molecule has 1 atom stereocenters. The first-order chi connectivity index (χ1) is 17.7. The lowest BCUT2D eigenvalue weighted by molar-refractivity contribution is -0.137. The summed E-state index contributed by atoms with van der Waals surface area (Å²) in [5.74, 6) is -0.404. The molecule has 2 aromatic carbocycles. The van der Waals surface area contributed by atoms with Gasteiger partial charge in [-0.15, -0.1) is 0 Å². The van der Waals surface area contributed by atoms with Gasteiger partial charge in [0.25, 0.3) is 0 Å². The van der Waals surface area contributed by atoms with Crippen LogP contribution in [0.15, 0.2) is 53.4 Å². The fourth-order valence-electron chi connectivity index (χ4n) is 3.76. The van der Waals surface area contributed by atoms with Crippen LogP contribution in [0, 0.1) is 0 Å². The Bertz CT molecular complexity index is 1330. The highest BCUT2D eigenvalue weighted by Crippen LogP contribution is 2.32. The average Bonchev–Trinajstić information content (AvgIpc) is 2.86. The molecule has 1 saturated heterocycles. The minimum absolute atomic E-state index is 0.0313. The third-order valence-electron chi connectivity index (χ3n) is 5.62. The van der Waals surface area contributed by atoms with Crippen LogP contribution >= 0.6 is 0 Å². The van der Waals surface area contributed by atoms with Gasteiger partial charge in [-0.2, -0.15) is 17.5 Å². The van der Waals surface area contributed by atoms with Gasteiger partial charge >= 0.3 is 6.18 Å². The fraction of sp³-hybridized carbons (Fsp3) is 0.435. The Morgan fingerprint density at radius 3 is 2.32 bits per heavy atom. The zero-order valence-electron chi connectivity index (χ0n) is 20.6. The fourth-order valence-corrected chi connectivity index (χ4v) is 6.34. The number of carbonyl (C=O) groups is 1. The molecule has 38 heavy (non-hydrogen) atoms. The number of nitrogens with one attached hydrogen (secondary N) is 1. The van der Waals surface area contributed by atoms with Crippen molar-refractivity contribution in [2.75, 3.05) is 50.0 Å². The van der Waals surface area contributed by atoms with E-state index >= 15 is 0 Å². The topological polar surface area (TPSA) is 122 Å². The highest BCUT2D eigenvalue weighted by atomic mass is 32.2. The molecule has 10 nitrogen and oxygen atoms in total. The molecular weight excluding hydrogens is 551 g/mol. The van der Waals surface area contributed by atoms with Crippen LogP contribution in [-0.2, 0) is 35.8 Å². The lowest BCUT2D eigenvalue weighted by atomic mass is 10.2. The van der Waals surface area contributed by atoms with Crippen LogP contribution in [0.3, 0.4) is 0 Å². The summed E-state index contributed by atoms with van der Waals surface area (Å²) in [7, 11) is -7.76. The van der Waals surface area contributed by atoms with Crippen LogP contribution in [0.2, 0.25) is 0 Å². The van der Waals surface area contributed by atoms with Crippen molar-refractivity contribution < 1.29 is 44.3 Å². The summed E-state index contributed by atoms with van der Waals surface area (Å²) in [5, 5.41) is 2.49. The van der Waals surface area contributed by atoms with Crippen molar-refractivity contribution in [1.82, 2.24) is 9.62 Å². The number of hydrogen-bond acceptors (Lipinski definition) is 7. The molecule has 1 fully saturated rings. The van der Waals surface area contributed by atoms with Gasteiger partial charge in [-0.25, -0.2) is 16.8 Å². The van der Waals surface area contributed by atoms with E-state index in [1.165, 1.54) is 41.6 Å². The number of nitrogens with zero attached hydrogens (tertiary/aromatic N) is 2. The number of benzene rings is 2. The predicted octanol–water partition coefficient (Wildman–Crippen LogP) is 2.08. The normalized spacial score (nSPS) is 16.0. The van der Waals surface area contributed by atoms with Crippen molar-refractivity contribution >= 4 is 31.6 Å². The van der Waals surface area contributed by atoms with E-state index in [0.29, 0.717) is 29.3 Å². The maximum absolute atomic E-state index is 13.1. The van der Waals surface area contributed by atoms with E-state index in [9.17, 15) is 34.8 Å². The smallest absolute Gasteiger partial charge is 0.416 e. The van der Waals surface area contributed by atoms with Gasteiger partial charge in [-0.3, -0.25) is 9.10 Å². The van der Waals surface area contributed by atoms with E-state index in [1.54, 1.807) is 0 Å². The van der Waals surface area contributed by atoms with Gasteiger partial charge < -0.3 is 14.8 Å². The first-order valence-corrected chi connectivity index (χ1v) is 14.8. The molecule has 0 aromatic heterocycles. The second-order valence-electron chi connectivity index (χ2n) is 8.41. The highest BCUT2D eigenvalue weighted by Gasteiger charge is 2.34. The molecule has 0 spiro atoms. The number of rotatable bonds is 10. The number of anilines is 1. The molecular formula is C23H28F3N3O7S2. The van der Waals surface area contributed by atoms with Crippen molar-refractivity contribution in [1.29, 1.82) is 0 Å². The Kier molecular flexibility index (Phi) is 9.28. The van der Waals surface area contributed by atoms with Gasteiger partial charge in [0.05, 0.1) is 42.2 Å². The minimum atomic E-state index is -4.69. The lowest BCUT2D eigenvalue weighted by Crippen LogP contribution is -2.48. The standard InChI is InChI=1S/C23H28F3N3O7S2/c1-17(29(37(2,31)32)19-5-3-4-18(16-19)23(24,25)26)22(30)27-10-13-36-20-6-8-21(9-7-20)38(33,34)28-11-14-35-15-12-28/h3-9,16-17H,10-15H2,1-2H3,(H,27,30)/t17-/m0/s1.